The van der Waals surface area contributed by atoms with Gasteiger partial charge in [-0.2, -0.15) is 0 Å². The van der Waals surface area contributed by atoms with Crippen molar-refractivity contribution in [3.63, 3.8) is 0 Å². The standard InChI is InChI=1S/C13H20N2O3/c1-9-4-3-5-11(12(9)16)13(17)15-10(8-14)6-7-18-2/h3-5,10,16H,6-8,14H2,1-2H3,(H,15,17). The van der Waals surface area contributed by atoms with Crippen molar-refractivity contribution in [3.05, 3.63) is 29.3 Å². The Morgan fingerprint density at radius 3 is 2.89 bits per heavy atom. The van der Waals surface area contributed by atoms with E-state index >= 15 is 0 Å². The number of nitrogens with two attached hydrogens (primary N) is 1. The number of phenols is 1. The van der Waals surface area contributed by atoms with E-state index in [1.165, 1.54) is 0 Å². The molecule has 0 spiro atoms. The molecule has 0 heterocycles. The van der Waals surface area contributed by atoms with Crippen LogP contribution in [0.15, 0.2) is 18.2 Å². The fraction of sp³-hybridized carbons (Fsp3) is 0.462. The summed E-state index contributed by atoms with van der Waals surface area (Å²) in [4.78, 5) is 12.0. The highest BCUT2D eigenvalue weighted by molar-refractivity contribution is 5.97. The molecule has 1 unspecified atom stereocenters. The molecule has 18 heavy (non-hydrogen) atoms. The van der Waals surface area contributed by atoms with Gasteiger partial charge < -0.3 is 20.9 Å². The maximum atomic E-state index is 12.0. The van der Waals surface area contributed by atoms with Gasteiger partial charge in [0.1, 0.15) is 5.75 Å². The van der Waals surface area contributed by atoms with Crippen molar-refractivity contribution in [3.8, 4) is 5.75 Å². The molecular weight excluding hydrogens is 232 g/mol. The first kappa shape index (κ1) is 14.5. The smallest absolute Gasteiger partial charge is 0.255 e. The average Bonchev–Trinajstić information content (AvgIpc) is 2.37. The molecule has 0 saturated heterocycles. The van der Waals surface area contributed by atoms with Crippen molar-refractivity contribution in [2.24, 2.45) is 5.73 Å². The molecule has 5 nitrogen and oxygen atoms in total. The largest absolute Gasteiger partial charge is 0.507 e. The van der Waals surface area contributed by atoms with E-state index in [9.17, 15) is 9.90 Å². The van der Waals surface area contributed by atoms with Crippen LogP contribution in [0.2, 0.25) is 0 Å². The minimum Gasteiger partial charge on any atom is -0.507 e. The van der Waals surface area contributed by atoms with E-state index in [0.717, 1.165) is 0 Å². The number of benzene rings is 1. The summed E-state index contributed by atoms with van der Waals surface area (Å²) < 4.78 is 4.95. The maximum Gasteiger partial charge on any atom is 0.255 e. The first-order valence-corrected chi connectivity index (χ1v) is 5.88. The van der Waals surface area contributed by atoms with E-state index in [1.54, 1.807) is 32.2 Å². The van der Waals surface area contributed by atoms with Gasteiger partial charge in [-0.25, -0.2) is 0 Å². The number of hydrogen-bond acceptors (Lipinski definition) is 4. The summed E-state index contributed by atoms with van der Waals surface area (Å²) in [7, 11) is 1.60. The van der Waals surface area contributed by atoms with Gasteiger partial charge in [0.15, 0.2) is 0 Å². The fourth-order valence-electron chi connectivity index (χ4n) is 1.61. The first-order chi connectivity index (χ1) is 8.60. The zero-order valence-corrected chi connectivity index (χ0v) is 10.8. The van der Waals surface area contributed by atoms with Crippen molar-refractivity contribution in [1.82, 2.24) is 5.32 Å². The second-order valence-electron chi connectivity index (χ2n) is 4.16. The van der Waals surface area contributed by atoms with Gasteiger partial charge in [-0.3, -0.25) is 4.79 Å². The molecule has 0 aliphatic heterocycles. The maximum absolute atomic E-state index is 12.0. The number of ether oxygens (including phenoxy) is 1. The predicted molar refractivity (Wildman–Crippen MR) is 69.6 cm³/mol. The van der Waals surface area contributed by atoms with Crippen molar-refractivity contribution >= 4 is 5.91 Å². The Balaban J connectivity index is 2.72. The van der Waals surface area contributed by atoms with Gasteiger partial charge in [-0.1, -0.05) is 12.1 Å². The first-order valence-electron chi connectivity index (χ1n) is 5.88. The number of carbonyl (C=O) groups is 1. The molecule has 0 saturated carbocycles. The molecule has 0 aromatic heterocycles. The number of rotatable bonds is 6. The van der Waals surface area contributed by atoms with Crippen LogP contribution in [0.4, 0.5) is 0 Å². The Morgan fingerprint density at radius 2 is 2.28 bits per heavy atom. The highest BCUT2D eigenvalue weighted by Crippen LogP contribution is 2.21. The van der Waals surface area contributed by atoms with Gasteiger partial charge in [-0.05, 0) is 25.0 Å². The second-order valence-corrected chi connectivity index (χ2v) is 4.16. The number of aryl methyl sites for hydroxylation is 1. The Labute approximate surface area is 107 Å². The molecule has 0 aliphatic rings. The van der Waals surface area contributed by atoms with Crippen LogP contribution in [0.1, 0.15) is 22.3 Å². The topological polar surface area (TPSA) is 84.6 Å². The Bertz CT molecular complexity index is 407. The van der Waals surface area contributed by atoms with E-state index in [0.29, 0.717) is 25.1 Å². The summed E-state index contributed by atoms with van der Waals surface area (Å²) in [5.74, 6) is -0.305. The third kappa shape index (κ3) is 3.72. The van der Waals surface area contributed by atoms with Crippen LogP contribution >= 0.6 is 0 Å². The molecule has 100 valence electrons. The molecule has 0 bridgehead atoms. The number of carbonyl (C=O) groups excluding carboxylic acids is 1. The third-order valence-corrected chi connectivity index (χ3v) is 2.77. The third-order valence-electron chi connectivity index (χ3n) is 2.77. The highest BCUT2D eigenvalue weighted by atomic mass is 16.5. The fourth-order valence-corrected chi connectivity index (χ4v) is 1.61. The number of phenolic OH excluding ortho intramolecular Hbond substituents is 1. The molecule has 1 aromatic rings. The van der Waals surface area contributed by atoms with Crippen molar-refractivity contribution in [2.75, 3.05) is 20.3 Å². The Hall–Kier alpha value is -1.59. The highest BCUT2D eigenvalue weighted by Gasteiger charge is 2.16. The minimum atomic E-state index is -0.317. The summed E-state index contributed by atoms with van der Waals surface area (Å²) in [5.41, 5.74) is 6.51. The molecule has 1 amide bonds. The van der Waals surface area contributed by atoms with E-state index in [2.05, 4.69) is 5.32 Å². The van der Waals surface area contributed by atoms with Gasteiger partial charge in [0, 0.05) is 26.3 Å². The Morgan fingerprint density at radius 1 is 1.56 bits per heavy atom. The lowest BCUT2D eigenvalue weighted by atomic mass is 10.1. The van der Waals surface area contributed by atoms with Crippen LogP contribution in [-0.2, 0) is 4.74 Å². The number of hydrogen-bond donors (Lipinski definition) is 3. The number of aromatic hydroxyl groups is 1. The quantitative estimate of drug-likeness (QED) is 0.699. The van der Waals surface area contributed by atoms with Crippen LogP contribution < -0.4 is 11.1 Å². The summed E-state index contributed by atoms with van der Waals surface area (Å²) in [6.07, 6.45) is 0.644. The van der Waals surface area contributed by atoms with Gasteiger partial charge in [-0.15, -0.1) is 0 Å². The normalized spacial score (nSPS) is 12.2. The Kier molecular flexibility index (Phi) is 5.61. The van der Waals surface area contributed by atoms with Gasteiger partial charge in [0.2, 0.25) is 0 Å². The van der Waals surface area contributed by atoms with Gasteiger partial charge >= 0.3 is 0 Å². The SMILES string of the molecule is COCCC(CN)NC(=O)c1cccc(C)c1O. The van der Waals surface area contributed by atoms with Crippen molar-refractivity contribution < 1.29 is 14.6 Å². The van der Waals surface area contributed by atoms with Crippen molar-refractivity contribution in [1.29, 1.82) is 0 Å². The van der Waals surface area contributed by atoms with Gasteiger partial charge in [0.25, 0.3) is 5.91 Å². The molecule has 1 aromatic carbocycles. The van der Waals surface area contributed by atoms with Crippen molar-refractivity contribution in [2.45, 2.75) is 19.4 Å². The lowest BCUT2D eigenvalue weighted by molar-refractivity contribution is 0.0924. The predicted octanol–water partition coefficient (Wildman–Crippen LogP) is 0.794. The molecule has 0 radical (unpaired) electrons. The van der Waals surface area contributed by atoms with E-state index in [-0.39, 0.29) is 23.3 Å². The zero-order chi connectivity index (χ0) is 13.5. The molecule has 5 heteroatoms. The van der Waals surface area contributed by atoms with Gasteiger partial charge in [0.05, 0.1) is 5.56 Å². The van der Waals surface area contributed by atoms with Crippen LogP contribution in [0, 0.1) is 6.92 Å². The number of nitrogens with one attached hydrogen (secondary N) is 1. The van der Waals surface area contributed by atoms with E-state index in [4.69, 9.17) is 10.5 Å². The molecule has 0 fully saturated rings. The summed E-state index contributed by atoms with van der Waals surface area (Å²) in [5, 5.41) is 12.6. The molecular formula is C13H20N2O3. The zero-order valence-electron chi connectivity index (χ0n) is 10.8. The van der Waals surface area contributed by atoms with E-state index in [1.807, 2.05) is 0 Å². The van der Waals surface area contributed by atoms with Crippen LogP contribution in [0.3, 0.4) is 0 Å². The molecule has 1 atom stereocenters. The monoisotopic (exact) mass is 252 g/mol. The lowest BCUT2D eigenvalue weighted by Crippen LogP contribution is -2.40. The summed E-state index contributed by atoms with van der Waals surface area (Å²) >= 11 is 0. The minimum absolute atomic E-state index is 0.0116. The average molecular weight is 252 g/mol. The summed E-state index contributed by atoms with van der Waals surface area (Å²) in [6.45, 7) is 2.61. The number of amides is 1. The molecule has 1 rings (SSSR count). The van der Waals surface area contributed by atoms with Crippen LogP contribution in [0.5, 0.6) is 5.75 Å². The number of para-hydroxylation sites is 1. The van der Waals surface area contributed by atoms with Crippen LogP contribution in [-0.4, -0.2) is 37.3 Å². The molecule has 4 N–H and O–H groups in total. The lowest BCUT2D eigenvalue weighted by Gasteiger charge is -2.17. The second kappa shape index (κ2) is 6.98. The summed E-state index contributed by atoms with van der Waals surface area (Å²) in [6, 6.07) is 4.91. The van der Waals surface area contributed by atoms with E-state index < -0.39 is 0 Å². The molecule has 0 aliphatic carbocycles. The van der Waals surface area contributed by atoms with Crippen LogP contribution in [0.25, 0.3) is 0 Å². The number of methoxy groups -OCH3 is 1.